The number of benzene rings is 1. The molecule has 0 radical (unpaired) electrons. The van der Waals surface area contributed by atoms with E-state index in [1.54, 1.807) is 0 Å². The van der Waals surface area contributed by atoms with Crippen LogP contribution in [-0.2, 0) is 4.79 Å². The van der Waals surface area contributed by atoms with E-state index in [0.717, 1.165) is 17.9 Å². The Kier molecular flexibility index (Phi) is 2.58. The highest BCUT2D eigenvalue weighted by molar-refractivity contribution is 5.93. The maximum absolute atomic E-state index is 11.8. The monoisotopic (exact) mass is 246 g/mol. The predicted octanol–water partition coefficient (Wildman–Crippen LogP) is 2.93. The average molecular weight is 246 g/mol. The standard InChI is InChI=1S/C15H18O3/c1-3-15(2)11(9-14(15)16)10-4-5-12-13(8-10)18-7-6-17-12/h4-5,8,11H,3,6-7,9H2,1-2H3. The molecule has 96 valence electrons. The summed E-state index contributed by atoms with van der Waals surface area (Å²) in [6.45, 7) is 5.37. The Hall–Kier alpha value is -1.51. The van der Waals surface area contributed by atoms with E-state index in [2.05, 4.69) is 19.9 Å². The summed E-state index contributed by atoms with van der Waals surface area (Å²) in [7, 11) is 0. The molecule has 0 saturated heterocycles. The van der Waals surface area contributed by atoms with Gasteiger partial charge in [-0.25, -0.2) is 0 Å². The maximum atomic E-state index is 11.8. The first-order valence-corrected chi connectivity index (χ1v) is 6.58. The Morgan fingerprint density at radius 3 is 2.67 bits per heavy atom. The third kappa shape index (κ3) is 1.53. The number of rotatable bonds is 2. The van der Waals surface area contributed by atoms with Crippen LogP contribution in [0, 0.1) is 5.41 Å². The largest absolute Gasteiger partial charge is 0.486 e. The van der Waals surface area contributed by atoms with Crippen LogP contribution in [-0.4, -0.2) is 19.0 Å². The highest BCUT2D eigenvalue weighted by atomic mass is 16.6. The molecule has 3 heteroatoms. The number of ether oxygens (including phenoxy) is 2. The van der Waals surface area contributed by atoms with Crippen molar-refractivity contribution in [1.29, 1.82) is 0 Å². The number of ketones is 1. The molecule has 1 aromatic carbocycles. The predicted molar refractivity (Wildman–Crippen MR) is 68.2 cm³/mol. The van der Waals surface area contributed by atoms with Crippen LogP contribution in [0.5, 0.6) is 11.5 Å². The van der Waals surface area contributed by atoms with Crippen LogP contribution in [0.1, 0.15) is 38.2 Å². The van der Waals surface area contributed by atoms with E-state index in [0.29, 0.717) is 31.3 Å². The van der Waals surface area contributed by atoms with E-state index >= 15 is 0 Å². The second-order valence-electron chi connectivity index (χ2n) is 5.35. The van der Waals surface area contributed by atoms with Crippen molar-refractivity contribution in [2.24, 2.45) is 5.41 Å². The van der Waals surface area contributed by atoms with Crippen LogP contribution in [0.15, 0.2) is 18.2 Å². The molecule has 2 aliphatic rings. The number of fused-ring (bicyclic) bond motifs is 1. The van der Waals surface area contributed by atoms with Gasteiger partial charge in [-0.2, -0.15) is 0 Å². The summed E-state index contributed by atoms with van der Waals surface area (Å²) in [4.78, 5) is 11.8. The summed E-state index contributed by atoms with van der Waals surface area (Å²) >= 11 is 0. The van der Waals surface area contributed by atoms with Crippen molar-refractivity contribution in [2.45, 2.75) is 32.6 Å². The van der Waals surface area contributed by atoms with Crippen LogP contribution in [0.3, 0.4) is 0 Å². The lowest BCUT2D eigenvalue weighted by Crippen LogP contribution is -2.45. The first kappa shape index (κ1) is 11.6. The van der Waals surface area contributed by atoms with Gasteiger partial charge in [0.25, 0.3) is 0 Å². The van der Waals surface area contributed by atoms with Gasteiger partial charge in [0.15, 0.2) is 11.5 Å². The summed E-state index contributed by atoms with van der Waals surface area (Å²) in [5.74, 6) is 2.33. The molecule has 1 fully saturated rings. The van der Waals surface area contributed by atoms with Gasteiger partial charge in [0.1, 0.15) is 19.0 Å². The molecule has 2 atom stereocenters. The fraction of sp³-hybridized carbons (Fsp3) is 0.533. The summed E-state index contributed by atoms with van der Waals surface area (Å²) in [6, 6.07) is 6.07. The molecular weight excluding hydrogens is 228 g/mol. The molecule has 0 aromatic heterocycles. The van der Waals surface area contributed by atoms with Crippen LogP contribution < -0.4 is 9.47 Å². The molecule has 0 N–H and O–H groups in total. The molecule has 3 nitrogen and oxygen atoms in total. The Balaban J connectivity index is 1.92. The van der Waals surface area contributed by atoms with E-state index in [9.17, 15) is 4.79 Å². The molecule has 1 heterocycles. The van der Waals surface area contributed by atoms with Crippen molar-refractivity contribution >= 4 is 5.78 Å². The Morgan fingerprint density at radius 2 is 2.00 bits per heavy atom. The average Bonchev–Trinajstić information content (AvgIpc) is 2.43. The number of hydrogen-bond donors (Lipinski definition) is 0. The first-order chi connectivity index (χ1) is 8.65. The molecule has 3 rings (SSSR count). The molecule has 0 amide bonds. The molecule has 0 bridgehead atoms. The molecule has 2 unspecified atom stereocenters. The summed E-state index contributed by atoms with van der Waals surface area (Å²) in [5, 5.41) is 0. The highest BCUT2D eigenvalue weighted by Gasteiger charge is 2.50. The topological polar surface area (TPSA) is 35.5 Å². The quantitative estimate of drug-likeness (QED) is 0.804. The molecule has 0 spiro atoms. The van der Waals surface area contributed by atoms with E-state index in [1.165, 1.54) is 5.56 Å². The smallest absolute Gasteiger partial charge is 0.161 e. The normalized spacial score (nSPS) is 29.9. The molecule has 1 saturated carbocycles. The molecule has 18 heavy (non-hydrogen) atoms. The minimum Gasteiger partial charge on any atom is -0.486 e. The summed E-state index contributed by atoms with van der Waals surface area (Å²) < 4.78 is 11.1. The van der Waals surface area contributed by atoms with E-state index in [4.69, 9.17) is 9.47 Å². The summed E-state index contributed by atoms with van der Waals surface area (Å²) in [6.07, 6.45) is 1.55. The van der Waals surface area contributed by atoms with Gasteiger partial charge in [0, 0.05) is 17.8 Å². The molecular formula is C15H18O3. The summed E-state index contributed by atoms with van der Waals surface area (Å²) in [5.41, 5.74) is 1.01. The second kappa shape index (κ2) is 4.01. The fourth-order valence-corrected chi connectivity index (χ4v) is 2.91. The third-order valence-corrected chi connectivity index (χ3v) is 4.50. The molecule has 1 aromatic rings. The Labute approximate surface area is 107 Å². The van der Waals surface area contributed by atoms with Crippen molar-refractivity contribution in [3.8, 4) is 11.5 Å². The van der Waals surface area contributed by atoms with Crippen molar-refractivity contribution in [2.75, 3.05) is 13.2 Å². The van der Waals surface area contributed by atoms with Gasteiger partial charge in [-0.05, 0) is 24.1 Å². The number of Topliss-reactive ketones (excluding diaryl/α,β-unsaturated/α-hetero) is 1. The Bertz CT molecular complexity index is 495. The van der Waals surface area contributed by atoms with Crippen molar-refractivity contribution in [1.82, 2.24) is 0 Å². The van der Waals surface area contributed by atoms with E-state index in [-0.39, 0.29) is 5.41 Å². The lowest BCUT2D eigenvalue weighted by molar-refractivity contribution is -0.139. The second-order valence-corrected chi connectivity index (χ2v) is 5.35. The first-order valence-electron chi connectivity index (χ1n) is 6.58. The lowest BCUT2D eigenvalue weighted by Gasteiger charge is -2.45. The van der Waals surface area contributed by atoms with E-state index < -0.39 is 0 Å². The van der Waals surface area contributed by atoms with Crippen molar-refractivity contribution < 1.29 is 14.3 Å². The van der Waals surface area contributed by atoms with Gasteiger partial charge in [0.2, 0.25) is 0 Å². The van der Waals surface area contributed by atoms with Crippen LogP contribution in [0.4, 0.5) is 0 Å². The van der Waals surface area contributed by atoms with Gasteiger partial charge in [-0.3, -0.25) is 4.79 Å². The van der Waals surface area contributed by atoms with Gasteiger partial charge in [-0.1, -0.05) is 19.9 Å². The molecule has 1 aliphatic heterocycles. The van der Waals surface area contributed by atoms with Crippen LogP contribution in [0.25, 0.3) is 0 Å². The number of carbonyl (C=O) groups excluding carboxylic acids is 1. The zero-order valence-corrected chi connectivity index (χ0v) is 10.9. The third-order valence-electron chi connectivity index (χ3n) is 4.50. The van der Waals surface area contributed by atoms with E-state index in [1.807, 2.05) is 12.1 Å². The maximum Gasteiger partial charge on any atom is 0.161 e. The van der Waals surface area contributed by atoms with Gasteiger partial charge in [-0.15, -0.1) is 0 Å². The van der Waals surface area contributed by atoms with Crippen LogP contribution in [0.2, 0.25) is 0 Å². The van der Waals surface area contributed by atoms with Gasteiger partial charge in [0.05, 0.1) is 0 Å². The lowest BCUT2D eigenvalue weighted by atomic mass is 9.56. The minimum atomic E-state index is -0.191. The fourth-order valence-electron chi connectivity index (χ4n) is 2.91. The van der Waals surface area contributed by atoms with Crippen molar-refractivity contribution in [3.05, 3.63) is 23.8 Å². The molecule has 1 aliphatic carbocycles. The Morgan fingerprint density at radius 1 is 1.28 bits per heavy atom. The number of hydrogen-bond acceptors (Lipinski definition) is 3. The zero-order chi connectivity index (χ0) is 12.8. The van der Waals surface area contributed by atoms with Crippen LogP contribution >= 0.6 is 0 Å². The highest BCUT2D eigenvalue weighted by Crippen LogP contribution is 2.52. The van der Waals surface area contributed by atoms with Gasteiger partial charge >= 0.3 is 0 Å². The minimum absolute atomic E-state index is 0.191. The zero-order valence-electron chi connectivity index (χ0n) is 10.9. The van der Waals surface area contributed by atoms with Gasteiger partial charge < -0.3 is 9.47 Å². The SMILES string of the molecule is CCC1(C)C(=O)CC1c1ccc2c(c1)OCCO2. The number of carbonyl (C=O) groups is 1. The van der Waals surface area contributed by atoms with Crippen molar-refractivity contribution in [3.63, 3.8) is 0 Å².